The molecule has 0 spiro atoms. The van der Waals surface area contributed by atoms with Gasteiger partial charge in [-0.2, -0.15) is 0 Å². The predicted molar refractivity (Wildman–Crippen MR) is 338 cm³/mol. The minimum absolute atomic E-state index is 0.0281. The minimum atomic E-state index is -4.64. The van der Waals surface area contributed by atoms with Crippen molar-refractivity contribution in [2.45, 2.75) is 206 Å². The summed E-state index contributed by atoms with van der Waals surface area (Å²) in [6.45, 7) is 4.43. The van der Waals surface area contributed by atoms with Crippen molar-refractivity contribution in [2.75, 3.05) is 40.9 Å². The maximum Gasteiger partial charge on any atom is 0.268 e. The molecule has 0 aliphatic carbocycles. The maximum atomic E-state index is 12.9. The van der Waals surface area contributed by atoms with Gasteiger partial charge in [-0.25, -0.2) is 0 Å². The number of nitrogens with one attached hydrogen (secondary N) is 1. The molecule has 0 aliphatic rings. The van der Waals surface area contributed by atoms with Gasteiger partial charge < -0.3 is 28.8 Å². The summed E-state index contributed by atoms with van der Waals surface area (Å²) in [4.78, 5) is 25.5. The van der Waals surface area contributed by atoms with Gasteiger partial charge in [0.2, 0.25) is 5.91 Å². The highest BCUT2D eigenvalue weighted by Crippen LogP contribution is 2.38. The Kier molecular flexibility index (Phi) is 54.1. The van der Waals surface area contributed by atoms with Crippen molar-refractivity contribution in [1.29, 1.82) is 0 Å². The van der Waals surface area contributed by atoms with E-state index in [1.165, 1.54) is 44.9 Å². The third-order valence-electron chi connectivity index (χ3n) is 12.1. The lowest BCUT2D eigenvalue weighted by molar-refractivity contribution is -0.870. The molecule has 0 aromatic carbocycles. The summed E-state index contributed by atoms with van der Waals surface area (Å²) in [5.41, 5.74) is 0. The summed E-state index contributed by atoms with van der Waals surface area (Å²) in [6.07, 6.45) is 92.7. The van der Waals surface area contributed by atoms with Crippen LogP contribution in [0, 0.1) is 0 Å². The van der Waals surface area contributed by atoms with E-state index < -0.39 is 26.6 Å². The second-order valence-electron chi connectivity index (χ2n) is 20.6. The van der Waals surface area contributed by atoms with Gasteiger partial charge in [0.25, 0.3) is 7.82 Å². The first-order valence-corrected chi connectivity index (χ1v) is 31.6. The number of carbonyl (C=O) groups is 1. The van der Waals surface area contributed by atoms with Crippen molar-refractivity contribution >= 4 is 13.7 Å². The molecule has 0 heterocycles. The smallest absolute Gasteiger partial charge is 0.268 e. The van der Waals surface area contributed by atoms with Gasteiger partial charge in [-0.15, -0.1) is 0 Å². The zero-order chi connectivity index (χ0) is 57.0. The summed E-state index contributed by atoms with van der Waals surface area (Å²) in [5, 5.41) is 13.8. The zero-order valence-electron chi connectivity index (χ0n) is 49.8. The Bertz CT molecular complexity index is 1920. The normalized spacial score (nSPS) is 15.1. The van der Waals surface area contributed by atoms with Gasteiger partial charge >= 0.3 is 0 Å². The molecule has 78 heavy (non-hydrogen) atoms. The third kappa shape index (κ3) is 59.3. The molecule has 3 atom stereocenters. The Morgan fingerprint density at radius 2 is 0.795 bits per heavy atom. The Morgan fingerprint density at radius 3 is 1.19 bits per heavy atom. The summed E-state index contributed by atoms with van der Waals surface area (Å²) in [6, 6.07) is -0.948. The minimum Gasteiger partial charge on any atom is -0.756 e. The van der Waals surface area contributed by atoms with Crippen molar-refractivity contribution in [1.82, 2.24) is 5.32 Å². The number of carbonyl (C=O) groups excluding carboxylic acids is 1. The molecule has 0 rings (SSSR count). The number of likely N-dealkylation sites (N-methyl/N-ethyl adjacent to an activating group) is 1. The molecule has 0 aromatic rings. The van der Waals surface area contributed by atoms with Gasteiger partial charge in [0.15, 0.2) is 0 Å². The molecule has 0 aliphatic heterocycles. The number of quaternary nitrogens is 1. The van der Waals surface area contributed by atoms with E-state index in [-0.39, 0.29) is 18.9 Å². The lowest BCUT2D eigenvalue weighted by Gasteiger charge is -2.29. The molecule has 0 fully saturated rings. The number of aliphatic hydroxyl groups excluding tert-OH is 1. The van der Waals surface area contributed by atoms with Crippen LogP contribution < -0.4 is 10.2 Å². The first-order chi connectivity index (χ1) is 38.0. The van der Waals surface area contributed by atoms with Crippen LogP contribution in [0.2, 0.25) is 0 Å². The van der Waals surface area contributed by atoms with Crippen LogP contribution in [0.1, 0.15) is 194 Å². The third-order valence-corrected chi connectivity index (χ3v) is 13.0. The average molecular weight is 1100 g/mol. The van der Waals surface area contributed by atoms with Crippen LogP contribution in [-0.2, 0) is 18.4 Å². The Labute approximate surface area is 478 Å². The molecule has 0 aromatic heterocycles. The van der Waals surface area contributed by atoms with Crippen LogP contribution in [0.5, 0.6) is 0 Å². The number of amides is 1. The number of nitrogens with zero attached hydrogens (tertiary/aromatic N) is 1. The van der Waals surface area contributed by atoms with Crippen LogP contribution in [-0.4, -0.2) is 68.5 Å². The number of hydrogen-bond donors (Lipinski definition) is 2. The molecule has 0 radical (unpaired) electrons. The molecule has 1 amide bonds. The SMILES string of the molecule is CC/C=C\C/C=C\C/C=C\C/C=C\C/C=C\C/C=C\C/C=C\C/C=C\C/C=C\C/C=C\C/C=C\C/C=C\CCCCC(=O)NC(COP(=O)([O-])OCC[N+](C)(C)C)C(O)/C=C/CC/C=C/CC/C=C/CCCCCCCCC. The van der Waals surface area contributed by atoms with E-state index in [0.29, 0.717) is 23.9 Å². The van der Waals surface area contributed by atoms with E-state index in [1.54, 1.807) is 6.08 Å². The van der Waals surface area contributed by atoms with E-state index in [1.807, 2.05) is 27.2 Å². The first kappa shape index (κ1) is 73.6. The molecular weight excluding hydrogens is 984 g/mol. The number of phosphoric ester groups is 1. The Hall–Kier alpha value is -4.40. The van der Waals surface area contributed by atoms with E-state index in [0.717, 1.165) is 116 Å². The van der Waals surface area contributed by atoms with Crippen molar-refractivity contribution in [3.8, 4) is 0 Å². The molecule has 8 nitrogen and oxygen atoms in total. The second kappa shape index (κ2) is 57.3. The fourth-order valence-corrected chi connectivity index (χ4v) is 8.12. The number of unbranched alkanes of at least 4 members (excludes halogenated alkanes) is 11. The van der Waals surface area contributed by atoms with Crippen LogP contribution in [0.25, 0.3) is 0 Å². The van der Waals surface area contributed by atoms with Gasteiger partial charge in [0.1, 0.15) is 13.2 Å². The van der Waals surface area contributed by atoms with E-state index in [2.05, 4.69) is 189 Å². The zero-order valence-corrected chi connectivity index (χ0v) is 50.7. The van der Waals surface area contributed by atoms with Crippen molar-refractivity contribution < 1.29 is 32.9 Å². The van der Waals surface area contributed by atoms with Crippen LogP contribution >= 0.6 is 7.82 Å². The molecule has 3 unspecified atom stereocenters. The highest BCUT2D eigenvalue weighted by atomic mass is 31.2. The number of aliphatic hydroxyl groups is 1. The maximum absolute atomic E-state index is 12.9. The van der Waals surface area contributed by atoms with Crippen molar-refractivity contribution in [3.05, 3.63) is 182 Å². The molecule has 9 heteroatoms. The second-order valence-corrected chi connectivity index (χ2v) is 22.0. The molecular formula is C69H111N2O6P. The average Bonchev–Trinajstić information content (AvgIpc) is 3.40. The van der Waals surface area contributed by atoms with Gasteiger partial charge in [-0.3, -0.25) is 9.36 Å². The monoisotopic (exact) mass is 1090 g/mol. The summed E-state index contributed by atoms with van der Waals surface area (Å²) < 4.78 is 23.3. The fraction of sp³-hybridized carbons (Fsp3) is 0.551. The number of hydrogen-bond acceptors (Lipinski definition) is 6. The van der Waals surface area contributed by atoms with Gasteiger partial charge in [0.05, 0.1) is 39.9 Å². The summed E-state index contributed by atoms with van der Waals surface area (Å²) >= 11 is 0. The predicted octanol–water partition coefficient (Wildman–Crippen LogP) is 18.3. The van der Waals surface area contributed by atoms with Crippen molar-refractivity contribution in [3.63, 3.8) is 0 Å². The molecule has 438 valence electrons. The van der Waals surface area contributed by atoms with Gasteiger partial charge in [0, 0.05) is 6.42 Å². The molecule has 2 N–H and O–H groups in total. The molecule has 0 saturated carbocycles. The summed E-state index contributed by atoms with van der Waals surface area (Å²) in [5.74, 6) is -0.262. The standard InChI is InChI=1S/C69H111N2O6P/c1-6-8-10-12-14-16-18-20-22-24-25-26-27-28-29-30-31-32-33-34-35-36-37-38-39-40-41-42-43-44-45-47-49-51-53-55-57-59-61-63-69(73)70-67(66-77-78(74,75)76-65-64-71(3,4)5)68(72)62-60-58-56-54-52-50-48-46-23-21-19-17-15-13-11-9-7-2/h8,10,14,16,20,22-23,25-26,28-29,31-32,34-35,37-38,40-41,43-44,46-47,49,52-55,60,62,67-68,72H,6-7,9,11-13,15,17-19,21,24,27,30,33,36,39,42,45,48,50-51,56-59,61,63-66H2,1-5H3,(H-,70,73,74,75)/b10-8-,16-14-,22-20-,26-25-,29-28-,32-31-,35-34-,38-37-,41-40-,44-43-,46-23+,49-47-,54-52+,55-53-,62-60+. The van der Waals surface area contributed by atoms with Crippen molar-refractivity contribution in [2.24, 2.45) is 0 Å². The van der Waals surface area contributed by atoms with Gasteiger partial charge in [-0.05, 0) is 135 Å². The Morgan fingerprint density at radius 1 is 0.462 bits per heavy atom. The van der Waals surface area contributed by atoms with E-state index in [9.17, 15) is 19.4 Å². The van der Waals surface area contributed by atoms with Gasteiger partial charge in [-0.1, -0.05) is 235 Å². The van der Waals surface area contributed by atoms with Crippen LogP contribution in [0.15, 0.2) is 182 Å². The van der Waals surface area contributed by atoms with Crippen LogP contribution in [0.4, 0.5) is 0 Å². The number of rotatable bonds is 52. The topological polar surface area (TPSA) is 108 Å². The lowest BCUT2D eigenvalue weighted by atomic mass is 10.1. The highest BCUT2D eigenvalue weighted by molar-refractivity contribution is 7.45. The fourth-order valence-electron chi connectivity index (χ4n) is 7.40. The highest BCUT2D eigenvalue weighted by Gasteiger charge is 2.23. The van der Waals surface area contributed by atoms with Crippen LogP contribution in [0.3, 0.4) is 0 Å². The largest absolute Gasteiger partial charge is 0.756 e. The first-order valence-electron chi connectivity index (χ1n) is 30.1. The van der Waals surface area contributed by atoms with E-state index >= 15 is 0 Å². The summed E-state index contributed by atoms with van der Waals surface area (Å²) in [7, 11) is 1.18. The molecule has 0 saturated heterocycles. The lowest BCUT2D eigenvalue weighted by Crippen LogP contribution is -2.45. The number of phosphoric acid groups is 1. The number of allylic oxidation sites excluding steroid dienone is 29. The van der Waals surface area contributed by atoms with E-state index in [4.69, 9.17) is 9.05 Å². The molecule has 0 bridgehead atoms. The quantitative estimate of drug-likeness (QED) is 0.0272. The Balaban J connectivity index is 4.33.